The van der Waals surface area contributed by atoms with Crippen molar-refractivity contribution in [3.63, 3.8) is 0 Å². The van der Waals surface area contributed by atoms with E-state index in [1.54, 1.807) is 11.3 Å². The number of nitrogens with two attached hydrogens (primary N) is 1. The highest BCUT2D eigenvalue weighted by molar-refractivity contribution is 7.09. The van der Waals surface area contributed by atoms with Crippen molar-refractivity contribution in [3.05, 3.63) is 22.4 Å². The van der Waals surface area contributed by atoms with Crippen molar-refractivity contribution >= 4 is 17.2 Å². The highest BCUT2D eigenvalue weighted by Gasteiger charge is 2.49. The lowest BCUT2D eigenvalue weighted by Crippen LogP contribution is -2.63. The summed E-state index contributed by atoms with van der Waals surface area (Å²) in [6, 6.07) is 4.10. The van der Waals surface area contributed by atoms with E-state index in [-0.39, 0.29) is 5.91 Å². The van der Waals surface area contributed by atoms with Crippen molar-refractivity contribution in [1.29, 1.82) is 0 Å². The Morgan fingerprint density at radius 3 is 2.82 bits per heavy atom. The number of nitrogens with one attached hydrogen (secondary N) is 1. The first kappa shape index (κ1) is 12.6. The number of primary amides is 1. The van der Waals surface area contributed by atoms with Gasteiger partial charge in [0, 0.05) is 11.4 Å². The third-order valence-corrected chi connectivity index (χ3v) is 4.69. The Balaban J connectivity index is 1.93. The number of rotatable bonds is 5. The van der Waals surface area contributed by atoms with Gasteiger partial charge in [0.2, 0.25) is 5.91 Å². The average Bonchev–Trinajstić information content (AvgIpc) is 2.67. The van der Waals surface area contributed by atoms with E-state index in [0.717, 1.165) is 19.4 Å². The first-order valence-electron chi connectivity index (χ1n) is 6.11. The topological polar surface area (TPSA) is 55.1 Å². The molecule has 1 amide bonds. The second kappa shape index (κ2) is 4.78. The Morgan fingerprint density at radius 1 is 1.65 bits per heavy atom. The molecule has 0 saturated heterocycles. The average molecular weight is 252 g/mol. The van der Waals surface area contributed by atoms with Crippen molar-refractivity contribution in [3.8, 4) is 0 Å². The molecule has 1 heterocycles. The number of carbonyl (C=O) groups is 1. The van der Waals surface area contributed by atoms with Gasteiger partial charge >= 0.3 is 0 Å². The van der Waals surface area contributed by atoms with Crippen molar-refractivity contribution in [2.24, 2.45) is 17.6 Å². The van der Waals surface area contributed by atoms with Crippen LogP contribution in [0.25, 0.3) is 0 Å². The SMILES string of the molecule is CC(C)C1CC(NCc2cccs2)(C(N)=O)C1. The molecule has 2 rings (SSSR count). The standard InChI is InChI=1S/C13H20N2OS/c1-9(2)10-6-13(7-10,12(14)16)15-8-11-4-3-5-17-11/h3-5,9-10,15H,6-8H2,1-2H3,(H2,14,16). The maximum absolute atomic E-state index is 11.6. The summed E-state index contributed by atoms with van der Waals surface area (Å²) >= 11 is 1.70. The van der Waals surface area contributed by atoms with Gasteiger partial charge in [-0.25, -0.2) is 0 Å². The van der Waals surface area contributed by atoms with Crippen LogP contribution in [0.5, 0.6) is 0 Å². The number of hydrogen-bond acceptors (Lipinski definition) is 3. The molecule has 1 saturated carbocycles. The second-order valence-electron chi connectivity index (χ2n) is 5.29. The summed E-state index contributed by atoms with van der Waals surface area (Å²) in [5, 5.41) is 5.40. The molecule has 3 N–H and O–H groups in total. The van der Waals surface area contributed by atoms with Crippen LogP contribution >= 0.6 is 11.3 Å². The summed E-state index contributed by atoms with van der Waals surface area (Å²) in [5.41, 5.74) is 5.08. The Bertz CT molecular complexity index is 380. The fourth-order valence-electron chi connectivity index (χ4n) is 2.41. The Morgan fingerprint density at radius 2 is 2.35 bits per heavy atom. The van der Waals surface area contributed by atoms with Crippen molar-refractivity contribution in [1.82, 2.24) is 5.32 Å². The predicted molar refractivity (Wildman–Crippen MR) is 70.6 cm³/mol. The fraction of sp³-hybridized carbons (Fsp3) is 0.615. The Labute approximate surface area is 106 Å². The highest BCUT2D eigenvalue weighted by Crippen LogP contribution is 2.42. The van der Waals surface area contributed by atoms with Gasteiger partial charge in [-0.15, -0.1) is 11.3 Å². The summed E-state index contributed by atoms with van der Waals surface area (Å²) in [4.78, 5) is 12.8. The van der Waals surface area contributed by atoms with E-state index >= 15 is 0 Å². The summed E-state index contributed by atoms with van der Waals surface area (Å²) in [7, 11) is 0. The summed E-state index contributed by atoms with van der Waals surface area (Å²) in [6.45, 7) is 5.15. The molecular formula is C13H20N2OS. The molecule has 0 unspecified atom stereocenters. The van der Waals surface area contributed by atoms with Crippen LogP contribution in [0.3, 0.4) is 0 Å². The van der Waals surface area contributed by atoms with Crippen molar-refractivity contribution < 1.29 is 4.79 Å². The number of hydrogen-bond donors (Lipinski definition) is 2. The number of carbonyl (C=O) groups excluding carboxylic acids is 1. The molecule has 1 aromatic rings. The lowest BCUT2D eigenvalue weighted by atomic mass is 9.63. The van der Waals surface area contributed by atoms with Gasteiger partial charge < -0.3 is 5.73 Å². The third-order valence-electron chi connectivity index (χ3n) is 3.82. The molecular weight excluding hydrogens is 232 g/mol. The number of thiophene rings is 1. The molecule has 0 atom stereocenters. The molecule has 0 spiro atoms. The van der Waals surface area contributed by atoms with Gasteiger partial charge in [-0.2, -0.15) is 0 Å². The van der Waals surface area contributed by atoms with E-state index in [1.165, 1.54) is 4.88 Å². The van der Waals surface area contributed by atoms with E-state index in [4.69, 9.17) is 5.73 Å². The maximum Gasteiger partial charge on any atom is 0.237 e. The number of amides is 1. The quantitative estimate of drug-likeness (QED) is 0.843. The molecule has 1 aliphatic carbocycles. The zero-order valence-corrected chi connectivity index (χ0v) is 11.2. The zero-order valence-electron chi connectivity index (χ0n) is 10.4. The van der Waals surface area contributed by atoms with E-state index in [2.05, 4.69) is 25.2 Å². The first-order chi connectivity index (χ1) is 8.03. The van der Waals surface area contributed by atoms with E-state index in [9.17, 15) is 4.79 Å². The van der Waals surface area contributed by atoms with Crippen LogP contribution in [0.15, 0.2) is 17.5 Å². The van der Waals surface area contributed by atoms with Crippen LogP contribution in [0.2, 0.25) is 0 Å². The normalized spacial score (nSPS) is 28.1. The van der Waals surface area contributed by atoms with E-state index in [0.29, 0.717) is 11.8 Å². The second-order valence-corrected chi connectivity index (χ2v) is 6.32. The smallest absolute Gasteiger partial charge is 0.237 e. The molecule has 0 aromatic carbocycles. The minimum atomic E-state index is -0.459. The highest BCUT2D eigenvalue weighted by atomic mass is 32.1. The summed E-state index contributed by atoms with van der Waals surface area (Å²) in [5.74, 6) is 1.05. The largest absolute Gasteiger partial charge is 0.368 e. The van der Waals surface area contributed by atoms with Crippen LogP contribution in [-0.4, -0.2) is 11.4 Å². The Hall–Kier alpha value is -0.870. The molecule has 3 nitrogen and oxygen atoms in total. The van der Waals surface area contributed by atoms with Gasteiger partial charge in [-0.3, -0.25) is 10.1 Å². The van der Waals surface area contributed by atoms with Crippen molar-refractivity contribution in [2.45, 2.75) is 38.8 Å². The third kappa shape index (κ3) is 2.53. The molecule has 1 aromatic heterocycles. The van der Waals surface area contributed by atoms with Gasteiger partial charge in [-0.1, -0.05) is 19.9 Å². The molecule has 0 aliphatic heterocycles. The molecule has 4 heteroatoms. The molecule has 1 aliphatic rings. The molecule has 94 valence electrons. The van der Waals surface area contributed by atoms with Crippen molar-refractivity contribution in [2.75, 3.05) is 0 Å². The monoisotopic (exact) mass is 252 g/mol. The van der Waals surface area contributed by atoms with Gasteiger partial charge in [-0.05, 0) is 36.1 Å². The van der Waals surface area contributed by atoms with Crippen LogP contribution in [0.1, 0.15) is 31.6 Å². The minimum absolute atomic E-state index is 0.203. The summed E-state index contributed by atoms with van der Waals surface area (Å²) in [6.07, 6.45) is 1.76. The Kier molecular flexibility index (Phi) is 3.54. The lowest BCUT2D eigenvalue weighted by molar-refractivity contribution is -0.131. The maximum atomic E-state index is 11.6. The van der Waals surface area contributed by atoms with Crippen LogP contribution < -0.4 is 11.1 Å². The molecule has 17 heavy (non-hydrogen) atoms. The van der Waals surface area contributed by atoms with Crippen LogP contribution in [-0.2, 0) is 11.3 Å². The van der Waals surface area contributed by atoms with Gasteiger partial charge in [0.1, 0.15) is 0 Å². The van der Waals surface area contributed by atoms with Gasteiger partial charge in [0.05, 0.1) is 5.54 Å². The zero-order chi connectivity index (χ0) is 12.5. The first-order valence-corrected chi connectivity index (χ1v) is 6.99. The van der Waals surface area contributed by atoms with E-state index in [1.807, 2.05) is 11.4 Å². The molecule has 0 bridgehead atoms. The van der Waals surface area contributed by atoms with Gasteiger partial charge in [0.15, 0.2) is 0 Å². The minimum Gasteiger partial charge on any atom is -0.368 e. The fourth-order valence-corrected chi connectivity index (χ4v) is 3.05. The predicted octanol–water partition coefficient (Wildman–Crippen LogP) is 2.13. The van der Waals surface area contributed by atoms with Gasteiger partial charge in [0.25, 0.3) is 0 Å². The van der Waals surface area contributed by atoms with E-state index < -0.39 is 5.54 Å². The van der Waals surface area contributed by atoms with Crippen LogP contribution in [0.4, 0.5) is 0 Å². The van der Waals surface area contributed by atoms with Crippen LogP contribution in [0, 0.1) is 11.8 Å². The molecule has 0 radical (unpaired) electrons. The summed E-state index contributed by atoms with van der Waals surface area (Å²) < 4.78 is 0. The lowest BCUT2D eigenvalue weighted by Gasteiger charge is -2.47. The molecule has 1 fully saturated rings.